The highest BCUT2D eigenvalue weighted by molar-refractivity contribution is 6.35. The molecule has 2 aromatic heterocycles. The molecule has 0 saturated carbocycles. The molecule has 20 heavy (non-hydrogen) atoms. The van der Waals surface area contributed by atoms with Gasteiger partial charge in [0.15, 0.2) is 5.82 Å². The van der Waals surface area contributed by atoms with E-state index in [-0.39, 0.29) is 27.7 Å². The maximum atomic E-state index is 12.2. The lowest BCUT2D eigenvalue weighted by Gasteiger charge is -2.15. The van der Waals surface area contributed by atoms with Gasteiger partial charge in [-0.1, -0.05) is 41.8 Å². The van der Waals surface area contributed by atoms with Crippen molar-refractivity contribution in [3.8, 4) is 0 Å². The number of halogens is 2. The zero-order valence-electron chi connectivity index (χ0n) is 10.6. The van der Waals surface area contributed by atoms with Crippen molar-refractivity contribution in [2.75, 3.05) is 0 Å². The minimum absolute atomic E-state index is 0.200. The predicted molar refractivity (Wildman–Crippen MR) is 73.5 cm³/mol. The van der Waals surface area contributed by atoms with Gasteiger partial charge in [0.25, 0.3) is 5.91 Å². The van der Waals surface area contributed by atoms with Crippen LogP contribution >= 0.6 is 23.2 Å². The number of H-pyrrole nitrogens is 1. The van der Waals surface area contributed by atoms with Crippen molar-refractivity contribution in [2.45, 2.75) is 25.8 Å². The Morgan fingerprint density at radius 1 is 1.50 bits per heavy atom. The fourth-order valence-electron chi connectivity index (χ4n) is 1.69. The number of hydrogen-bond acceptors (Lipinski definition) is 5. The molecule has 2 N–H and O–H groups in total. The molecule has 106 valence electrons. The number of rotatable bonds is 5. The molecule has 0 aromatic carbocycles. The van der Waals surface area contributed by atoms with E-state index in [2.05, 4.69) is 30.9 Å². The van der Waals surface area contributed by atoms with E-state index < -0.39 is 0 Å². The molecule has 0 fully saturated rings. The minimum atomic E-state index is -0.359. The van der Waals surface area contributed by atoms with Gasteiger partial charge < -0.3 is 5.32 Å². The van der Waals surface area contributed by atoms with Crippen LogP contribution in [0.25, 0.3) is 0 Å². The van der Waals surface area contributed by atoms with E-state index in [1.165, 1.54) is 12.3 Å². The van der Waals surface area contributed by atoms with Gasteiger partial charge in [-0.05, 0) is 12.5 Å². The van der Waals surface area contributed by atoms with Crippen molar-refractivity contribution in [1.29, 1.82) is 0 Å². The lowest BCUT2D eigenvalue weighted by atomic mass is 10.1. The molecular formula is C11H12Cl2N6O. The maximum absolute atomic E-state index is 12.2. The van der Waals surface area contributed by atoms with Crippen molar-refractivity contribution >= 4 is 29.1 Å². The van der Waals surface area contributed by atoms with Crippen LogP contribution in [0, 0.1) is 0 Å². The monoisotopic (exact) mass is 314 g/mol. The van der Waals surface area contributed by atoms with Crippen LogP contribution in [0.15, 0.2) is 12.3 Å². The lowest BCUT2D eigenvalue weighted by molar-refractivity contribution is 0.0932. The third-order valence-electron chi connectivity index (χ3n) is 2.62. The molecule has 1 atom stereocenters. The summed E-state index contributed by atoms with van der Waals surface area (Å²) in [4.78, 5) is 16.0. The van der Waals surface area contributed by atoms with E-state index >= 15 is 0 Å². The molecule has 7 nitrogen and oxygen atoms in total. The molecule has 1 unspecified atom stereocenters. The topological polar surface area (TPSA) is 96.5 Å². The highest BCUT2D eigenvalue weighted by atomic mass is 35.5. The van der Waals surface area contributed by atoms with Gasteiger partial charge >= 0.3 is 0 Å². The van der Waals surface area contributed by atoms with Gasteiger partial charge in [0.1, 0.15) is 5.15 Å². The summed E-state index contributed by atoms with van der Waals surface area (Å²) in [5, 5.41) is 16.9. The number of carbonyl (C=O) groups is 1. The van der Waals surface area contributed by atoms with Crippen LogP contribution < -0.4 is 5.32 Å². The number of amides is 1. The summed E-state index contributed by atoms with van der Waals surface area (Å²) in [6, 6.07) is 1.08. The summed E-state index contributed by atoms with van der Waals surface area (Å²) in [6.45, 7) is 2.00. The van der Waals surface area contributed by atoms with E-state index in [1.807, 2.05) is 6.92 Å². The molecule has 0 radical (unpaired) electrons. The van der Waals surface area contributed by atoms with Crippen molar-refractivity contribution in [3.05, 3.63) is 33.8 Å². The average Bonchev–Trinajstić information content (AvgIpc) is 2.95. The first-order chi connectivity index (χ1) is 9.61. The van der Waals surface area contributed by atoms with Gasteiger partial charge in [-0.3, -0.25) is 4.79 Å². The Morgan fingerprint density at radius 3 is 2.95 bits per heavy atom. The van der Waals surface area contributed by atoms with Gasteiger partial charge in [-0.2, -0.15) is 5.21 Å². The molecular weight excluding hydrogens is 303 g/mol. The molecule has 0 aliphatic heterocycles. The van der Waals surface area contributed by atoms with Crippen LogP contribution in [0.1, 0.15) is 42.0 Å². The molecule has 0 saturated heterocycles. The first-order valence-corrected chi connectivity index (χ1v) is 6.72. The Balaban J connectivity index is 2.18. The smallest absolute Gasteiger partial charge is 0.253 e. The molecule has 2 rings (SSSR count). The summed E-state index contributed by atoms with van der Waals surface area (Å²) in [5.74, 6) is 0.0685. The second-order valence-electron chi connectivity index (χ2n) is 4.07. The average molecular weight is 315 g/mol. The van der Waals surface area contributed by atoms with Gasteiger partial charge in [-0.25, -0.2) is 4.98 Å². The molecule has 2 heterocycles. The number of pyridine rings is 1. The Hall–Kier alpha value is -1.73. The van der Waals surface area contributed by atoms with Gasteiger partial charge in [-0.15, -0.1) is 10.2 Å². The van der Waals surface area contributed by atoms with E-state index in [0.29, 0.717) is 12.2 Å². The lowest BCUT2D eigenvalue weighted by Crippen LogP contribution is -2.29. The van der Waals surface area contributed by atoms with Crippen LogP contribution in [-0.2, 0) is 0 Å². The van der Waals surface area contributed by atoms with Crippen molar-refractivity contribution in [1.82, 2.24) is 30.9 Å². The van der Waals surface area contributed by atoms with Gasteiger partial charge in [0, 0.05) is 6.20 Å². The van der Waals surface area contributed by atoms with Crippen LogP contribution in [0.4, 0.5) is 0 Å². The molecule has 0 bridgehead atoms. The number of hydrogen-bond donors (Lipinski definition) is 2. The highest BCUT2D eigenvalue weighted by Gasteiger charge is 2.20. The third-order valence-corrected chi connectivity index (χ3v) is 3.13. The zero-order chi connectivity index (χ0) is 14.5. The predicted octanol–water partition coefficient (Wildman–Crippen LogP) is 2.17. The van der Waals surface area contributed by atoms with E-state index in [1.54, 1.807) is 0 Å². The molecule has 9 heteroatoms. The number of aromatic nitrogens is 5. The first-order valence-electron chi connectivity index (χ1n) is 5.97. The fourth-order valence-corrected chi connectivity index (χ4v) is 2.04. The molecule has 0 aliphatic carbocycles. The van der Waals surface area contributed by atoms with Crippen LogP contribution in [0.5, 0.6) is 0 Å². The van der Waals surface area contributed by atoms with Crippen LogP contribution in [0.2, 0.25) is 10.2 Å². The summed E-state index contributed by atoms with van der Waals surface area (Å²) in [7, 11) is 0. The molecule has 0 aliphatic rings. The summed E-state index contributed by atoms with van der Waals surface area (Å²) in [6.07, 6.45) is 2.87. The number of aromatic amines is 1. The summed E-state index contributed by atoms with van der Waals surface area (Å²) < 4.78 is 0. The highest BCUT2D eigenvalue weighted by Crippen LogP contribution is 2.20. The zero-order valence-corrected chi connectivity index (χ0v) is 12.1. The quantitative estimate of drug-likeness (QED) is 0.824. The number of nitrogens with zero attached hydrogens (tertiary/aromatic N) is 4. The number of nitrogens with one attached hydrogen (secondary N) is 2. The van der Waals surface area contributed by atoms with Gasteiger partial charge in [0.05, 0.1) is 16.6 Å². The maximum Gasteiger partial charge on any atom is 0.253 e. The first kappa shape index (κ1) is 14.7. The number of carbonyl (C=O) groups excluding carboxylic acids is 1. The SMILES string of the molecule is CCCC(NC(=O)c1cc(Cl)ncc1Cl)c1nn[nH]n1. The fraction of sp³-hybridized carbons (Fsp3) is 0.364. The second kappa shape index (κ2) is 6.62. The van der Waals surface area contributed by atoms with E-state index in [0.717, 1.165) is 6.42 Å². The van der Waals surface area contributed by atoms with Crippen molar-refractivity contribution in [3.63, 3.8) is 0 Å². The number of tetrazole rings is 1. The standard InChI is InChI=1S/C11H12Cl2N6O/c1-2-3-8(10-16-18-19-17-10)15-11(20)6-4-9(13)14-5-7(6)12/h4-5,8H,2-3H2,1H3,(H,15,20)(H,16,17,18,19). The van der Waals surface area contributed by atoms with E-state index in [9.17, 15) is 4.79 Å². The summed E-state index contributed by atoms with van der Waals surface area (Å²) in [5.41, 5.74) is 0.260. The molecule has 2 aromatic rings. The largest absolute Gasteiger partial charge is 0.342 e. The summed E-state index contributed by atoms with van der Waals surface area (Å²) >= 11 is 11.7. The molecule has 0 spiro atoms. The third kappa shape index (κ3) is 3.43. The van der Waals surface area contributed by atoms with Gasteiger partial charge in [0.2, 0.25) is 0 Å². The molecule has 1 amide bonds. The van der Waals surface area contributed by atoms with Crippen LogP contribution in [-0.4, -0.2) is 31.5 Å². The second-order valence-corrected chi connectivity index (χ2v) is 4.87. The van der Waals surface area contributed by atoms with Crippen molar-refractivity contribution < 1.29 is 4.79 Å². The Kier molecular flexibility index (Phi) is 4.86. The Bertz CT molecular complexity index is 589. The Morgan fingerprint density at radius 2 is 2.30 bits per heavy atom. The van der Waals surface area contributed by atoms with E-state index in [4.69, 9.17) is 23.2 Å². The van der Waals surface area contributed by atoms with Crippen molar-refractivity contribution in [2.24, 2.45) is 0 Å². The minimum Gasteiger partial charge on any atom is -0.342 e. The Labute approximate surface area is 125 Å². The van der Waals surface area contributed by atoms with Crippen LogP contribution in [0.3, 0.4) is 0 Å². The normalized spacial score (nSPS) is 12.2.